The Bertz CT molecular complexity index is 427. The summed E-state index contributed by atoms with van der Waals surface area (Å²) in [6.07, 6.45) is 1.12. The van der Waals surface area contributed by atoms with E-state index in [1.165, 1.54) is 16.8 Å². The van der Waals surface area contributed by atoms with Crippen molar-refractivity contribution in [2.24, 2.45) is 0 Å². The first-order valence-corrected chi connectivity index (χ1v) is 6.75. The van der Waals surface area contributed by atoms with Crippen LogP contribution in [0, 0.1) is 0 Å². The van der Waals surface area contributed by atoms with Gasteiger partial charge in [0.05, 0.1) is 12.8 Å². The third kappa shape index (κ3) is 2.06. The number of rotatable bonds is 2. The van der Waals surface area contributed by atoms with Gasteiger partial charge in [0.15, 0.2) is 0 Å². The Morgan fingerprint density at radius 2 is 1.94 bits per heavy atom. The van der Waals surface area contributed by atoms with E-state index in [4.69, 9.17) is 4.74 Å². The van der Waals surface area contributed by atoms with Crippen LogP contribution in [-0.2, 0) is 13.0 Å². The number of hydrogen-bond acceptors (Lipinski definition) is 4. The van der Waals surface area contributed by atoms with Crippen molar-refractivity contribution in [3.63, 3.8) is 0 Å². The van der Waals surface area contributed by atoms with Gasteiger partial charge in [-0.3, -0.25) is 0 Å². The molecule has 3 rings (SSSR count). The highest BCUT2D eigenvalue weighted by atomic mass is 16.5. The Labute approximate surface area is 108 Å². The summed E-state index contributed by atoms with van der Waals surface area (Å²) in [6, 6.07) is 4.35. The second kappa shape index (κ2) is 5.16. The number of nitrogens with zero attached hydrogens (tertiary/aromatic N) is 1. The van der Waals surface area contributed by atoms with Gasteiger partial charge >= 0.3 is 0 Å². The monoisotopic (exact) mass is 247 g/mol. The maximum absolute atomic E-state index is 5.57. The fraction of sp³-hybridized carbons (Fsp3) is 0.571. The summed E-state index contributed by atoms with van der Waals surface area (Å²) in [5.41, 5.74) is 4.22. The first-order valence-electron chi connectivity index (χ1n) is 6.75. The molecular formula is C14H21N3O. The predicted molar refractivity (Wildman–Crippen MR) is 73.5 cm³/mol. The Balaban J connectivity index is 2.03. The van der Waals surface area contributed by atoms with Crippen LogP contribution in [0.1, 0.15) is 11.1 Å². The Hall–Kier alpha value is -1.26. The van der Waals surface area contributed by atoms with Gasteiger partial charge in [-0.1, -0.05) is 6.07 Å². The van der Waals surface area contributed by atoms with Crippen molar-refractivity contribution in [2.45, 2.75) is 13.0 Å². The molecule has 0 spiro atoms. The van der Waals surface area contributed by atoms with Gasteiger partial charge < -0.3 is 20.3 Å². The van der Waals surface area contributed by atoms with E-state index in [0.717, 1.165) is 51.4 Å². The van der Waals surface area contributed by atoms with Gasteiger partial charge in [-0.2, -0.15) is 0 Å². The topological polar surface area (TPSA) is 36.5 Å². The Morgan fingerprint density at radius 1 is 1.11 bits per heavy atom. The SMILES string of the molecule is COc1ccc2c(c1N1CCNCC1)CNCC2. The number of hydrogen-bond donors (Lipinski definition) is 2. The third-order valence-corrected chi connectivity index (χ3v) is 3.87. The van der Waals surface area contributed by atoms with Gasteiger partial charge in [-0.05, 0) is 30.2 Å². The van der Waals surface area contributed by atoms with Crippen molar-refractivity contribution in [3.05, 3.63) is 23.3 Å². The van der Waals surface area contributed by atoms with Crippen molar-refractivity contribution in [3.8, 4) is 5.75 Å². The molecular weight excluding hydrogens is 226 g/mol. The van der Waals surface area contributed by atoms with Crippen molar-refractivity contribution in [1.82, 2.24) is 10.6 Å². The molecule has 1 saturated heterocycles. The van der Waals surface area contributed by atoms with Gasteiger partial charge in [-0.25, -0.2) is 0 Å². The molecule has 1 aromatic rings. The van der Waals surface area contributed by atoms with Crippen LogP contribution in [0.2, 0.25) is 0 Å². The molecule has 1 aromatic carbocycles. The Kier molecular flexibility index (Phi) is 3.39. The molecule has 0 aromatic heterocycles. The van der Waals surface area contributed by atoms with Gasteiger partial charge in [0, 0.05) is 32.7 Å². The van der Waals surface area contributed by atoms with Crippen LogP contribution in [-0.4, -0.2) is 39.8 Å². The van der Waals surface area contributed by atoms with Gasteiger partial charge in [0.25, 0.3) is 0 Å². The maximum atomic E-state index is 5.57. The summed E-state index contributed by atoms with van der Waals surface area (Å²) in [5, 5.41) is 6.88. The second-order valence-electron chi connectivity index (χ2n) is 4.92. The highest BCUT2D eigenvalue weighted by molar-refractivity contribution is 5.67. The Morgan fingerprint density at radius 3 is 2.72 bits per heavy atom. The average Bonchev–Trinajstić information content (AvgIpc) is 2.47. The van der Waals surface area contributed by atoms with E-state index in [1.807, 2.05) is 0 Å². The molecule has 0 saturated carbocycles. The molecule has 2 aliphatic heterocycles. The minimum atomic E-state index is 0.964. The predicted octanol–water partition coefficient (Wildman–Crippen LogP) is 0.750. The van der Waals surface area contributed by atoms with Gasteiger partial charge in [-0.15, -0.1) is 0 Å². The van der Waals surface area contributed by atoms with Crippen molar-refractivity contribution < 1.29 is 4.74 Å². The largest absolute Gasteiger partial charge is 0.495 e. The molecule has 18 heavy (non-hydrogen) atoms. The molecule has 0 atom stereocenters. The number of methoxy groups -OCH3 is 1. The molecule has 4 heteroatoms. The average molecular weight is 247 g/mol. The fourth-order valence-electron chi connectivity index (χ4n) is 2.92. The van der Waals surface area contributed by atoms with Crippen LogP contribution in [0.25, 0.3) is 0 Å². The molecule has 0 amide bonds. The normalized spacial score (nSPS) is 19.5. The lowest BCUT2D eigenvalue weighted by molar-refractivity contribution is 0.411. The van der Waals surface area contributed by atoms with Crippen LogP contribution in [0.5, 0.6) is 5.75 Å². The lowest BCUT2D eigenvalue weighted by Gasteiger charge is -2.34. The quantitative estimate of drug-likeness (QED) is 0.808. The van der Waals surface area contributed by atoms with Crippen LogP contribution in [0.4, 0.5) is 5.69 Å². The first kappa shape index (κ1) is 11.8. The van der Waals surface area contributed by atoms with Crippen LogP contribution >= 0.6 is 0 Å². The summed E-state index contributed by atoms with van der Waals surface area (Å²) >= 11 is 0. The zero-order valence-corrected chi connectivity index (χ0v) is 11.0. The van der Waals surface area contributed by atoms with E-state index >= 15 is 0 Å². The van der Waals surface area contributed by atoms with Crippen LogP contribution < -0.4 is 20.3 Å². The van der Waals surface area contributed by atoms with E-state index in [1.54, 1.807) is 7.11 Å². The third-order valence-electron chi connectivity index (χ3n) is 3.87. The summed E-state index contributed by atoms with van der Waals surface area (Å²) in [7, 11) is 1.77. The van der Waals surface area contributed by atoms with E-state index in [0.29, 0.717) is 0 Å². The molecule has 0 radical (unpaired) electrons. The number of nitrogens with one attached hydrogen (secondary N) is 2. The number of ether oxygens (including phenoxy) is 1. The van der Waals surface area contributed by atoms with Gasteiger partial charge in [0.2, 0.25) is 0 Å². The zero-order valence-electron chi connectivity index (χ0n) is 11.0. The minimum absolute atomic E-state index is 0.964. The molecule has 2 aliphatic rings. The van der Waals surface area contributed by atoms with E-state index in [2.05, 4.69) is 27.7 Å². The minimum Gasteiger partial charge on any atom is -0.495 e. The highest BCUT2D eigenvalue weighted by Gasteiger charge is 2.22. The van der Waals surface area contributed by atoms with Gasteiger partial charge in [0.1, 0.15) is 5.75 Å². The number of benzene rings is 1. The van der Waals surface area contributed by atoms with Crippen molar-refractivity contribution >= 4 is 5.69 Å². The number of piperazine rings is 1. The molecule has 2 N–H and O–H groups in total. The van der Waals surface area contributed by atoms with E-state index in [9.17, 15) is 0 Å². The highest BCUT2D eigenvalue weighted by Crippen LogP contribution is 2.36. The zero-order chi connectivity index (χ0) is 12.4. The lowest BCUT2D eigenvalue weighted by atomic mass is 9.97. The van der Waals surface area contributed by atoms with Crippen LogP contribution in [0.3, 0.4) is 0 Å². The summed E-state index contributed by atoms with van der Waals surface area (Å²) in [6.45, 7) is 6.28. The second-order valence-corrected chi connectivity index (χ2v) is 4.92. The van der Waals surface area contributed by atoms with E-state index < -0.39 is 0 Å². The van der Waals surface area contributed by atoms with Crippen molar-refractivity contribution in [1.29, 1.82) is 0 Å². The standard InChI is InChI=1S/C14H21N3O/c1-18-13-3-2-11-4-5-16-10-12(11)14(13)17-8-6-15-7-9-17/h2-3,15-16H,4-10H2,1H3. The number of fused-ring (bicyclic) bond motifs is 1. The lowest BCUT2D eigenvalue weighted by Crippen LogP contribution is -2.44. The fourth-order valence-corrected chi connectivity index (χ4v) is 2.92. The molecule has 2 heterocycles. The van der Waals surface area contributed by atoms with E-state index in [-0.39, 0.29) is 0 Å². The maximum Gasteiger partial charge on any atom is 0.142 e. The number of anilines is 1. The summed E-state index contributed by atoms with van der Waals surface area (Å²) in [4.78, 5) is 2.46. The molecule has 98 valence electrons. The summed E-state index contributed by atoms with van der Waals surface area (Å²) < 4.78 is 5.57. The molecule has 0 unspecified atom stereocenters. The first-order chi connectivity index (χ1) is 8.90. The molecule has 4 nitrogen and oxygen atoms in total. The summed E-state index contributed by atoms with van der Waals surface area (Å²) in [5.74, 6) is 1.01. The molecule has 1 fully saturated rings. The molecule has 0 aliphatic carbocycles. The van der Waals surface area contributed by atoms with Crippen LogP contribution in [0.15, 0.2) is 12.1 Å². The molecule has 0 bridgehead atoms. The smallest absolute Gasteiger partial charge is 0.142 e. The van der Waals surface area contributed by atoms with Crippen molar-refractivity contribution in [2.75, 3.05) is 44.7 Å².